The number of hydrogen-bond donors (Lipinski definition) is 0. The summed E-state index contributed by atoms with van der Waals surface area (Å²) in [5.41, 5.74) is 0. The zero-order valence-electron chi connectivity index (χ0n) is 13.4. The molecular formula is C14H28O4Si. The lowest BCUT2D eigenvalue weighted by Gasteiger charge is -2.40. The lowest BCUT2D eigenvalue weighted by molar-refractivity contribution is -0.211. The molecule has 0 amide bonds. The summed E-state index contributed by atoms with van der Waals surface area (Å²) in [4.78, 5) is 0. The topological polar surface area (TPSA) is 36.9 Å². The van der Waals surface area contributed by atoms with E-state index in [1.165, 1.54) is 0 Å². The van der Waals surface area contributed by atoms with E-state index in [0.29, 0.717) is 0 Å². The smallest absolute Gasteiger partial charge is 0.192 e. The van der Waals surface area contributed by atoms with Crippen LogP contribution in [-0.2, 0) is 18.6 Å². The standard InChI is InChI=1S/C14H28O4Si/c1-9-10(18-19(7,8)13(2,3)4)11-12(15-9)17-14(5,6)16-11/h9-12H,1-8H3/t9-,10-,11+,12+/m0/s1. The molecule has 2 saturated heterocycles. The molecule has 0 radical (unpaired) electrons. The van der Waals surface area contributed by atoms with Gasteiger partial charge in [0, 0.05) is 0 Å². The first-order chi connectivity index (χ1) is 8.43. The van der Waals surface area contributed by atoms with Gasteiger partial charge in [0.2, 0.25) is 0 Å². The van der Waals surface area contributed by atoms with Gasteiger partial charge in [-0.15, -0.1) is 0 Å². The molecule has 0 aromatic heterocycles. The third-order valence-corrected chi connectivity index (χ3v) is 8.93. The average Bonchev–Trinajstić information content (AvgIpc) is 2.59. The molecule has 4 atom stereocenters. The fraction of sp³-hybridized carbons (Fsp3) is 1.00. The van der Waals surface area contributed by atoms with Gasteiger partial charge in [-0.2, -0.15) is 0 Å². The summed E-state index contributed by atoms with van der Waals surface area (Å²) in [6.07, 6.45) is -0.424. The fourth-order valence-electron chi connectivity index (χ4n) is 2.32. The molecule has 5 heteroatoms. The fourth-order valence-corrected chi connectivity index (χ4v) is 3.68. The molecule has 0 aromatic rings. The second-order valence-corrected chi connectivity index (χ2v) is 12.4. The normalized spacial score (nSPS) is 38.5. The van der Waals surface area contributed by atoms with Crippen molar-refractivity contribution in [2.75, 3.05) is 0 Å². The molecule has 0 spiro atoms. The van der Waals surface area contributed by atoms with Crippen LogP contribution < -0.4 is 0 Å². The average molecular weight is 288 g/mol. The van der Waals surface area contributed by atoms with E-state index in [1.807, 2.05) is 20.8 Å². The van der Waals surface area contributed by atoms with E-state index in [-0.39, 0.29) is 29.6 Å². The molecule has 0 bridgehead atoms. The Morgan fingerprint density at radius 3 is 2.21 bits per heavy atom. The number of rotatable bonds is 2. The molecule has 2 aliphatic rings. The van der Waals surface area contributed by atoms with Crippen molar-refractivity contribution in [3.63, 3.8) is 0 Å². The SMILES string of the molecule is C[C@@H]1O[C@@H]2OC(C)(C)O[C@@H]2[C@H]1O[Si](C)(C)C(C)(C)C. The van der Waals surface area contributed by atoms with Crippen LogP contribution in [0.1, 0.15) is 41.5 Å². The Labute approximate surface area is 117 Å². The second-order valence-electron chi connectivity index (χ2n) is 7.65. The van der Waals surface area contributed by atoms with Crippen molar-refractivity contribution in [2.45, 2.75) is 90.1 Å². The molecule has 0 saturated carbocycles. The summed E-state index contributed by atoms with van der Waals surface area (Å²) in [7, 11) is -1.83. The first-order valence-corrected chi connectivity index (χ1v) is 10.0. The largest absolute Gasteiger partial charge is 0.408 e. The maximum absolute atomic E-state index is 6.49. The summed E-state index contributed by atoms with van der Waals surface area (Å²) in [6, 6.07) is 0. The highest BCUT2D eigenvalue weighted by atomic mass is 28.4. The summed E-state index contributed by atoms with van der Waals surface area (Å²) in [6.45, 7) is 17.1. The van der Waals surface area contributed by atoms with Crippen LogP contribution in [0.5, 0.6) is 0 Å². The van der Waals surface area contributed by atoms with E-state index in [9.17, 15) is 0 Å². The van der Waals surface area contributed by atoms with Crippen LogP contribution >= 0.6 is 0 Å². The van der Waals surface area contributed by atoms with Gasteiger partial charge < -0.3 is 18.6 Å². The predicted octanol–water partition coefficient (Wildman–Crippen LogP) is 3.27. The molecule has 2 fully saturated rings. The van der Waals surface area contributed by atoms with Crippen LogP contribution in [0.15, 0.2) is 0 Å². The Kier molecular flexibility index (Phi) is 3.68. The zero-order chi connectivity index (χ0) is 14.6. The summed E-state index contributed by atoms with van der Waals surface area (Å²) < 4.78 is 24.1. The minimum atomic E-state index is -1.83. The lowest BCUT2D eigenvalue weighted by atomic mass is 10.2. The maximum Gasteiger partial charge on any atom is 0.192 e. The van der Waals surface area contributed by atoms with E-state index >= 15 is 0 Å². The molecule has 2 aliphatic heterocycles. The van der Waals surface area contributed by atoms with Crippen molar-refractivity contribution in [1.29, 1.82) is 0 Å². The van der Waals surface area contributed by atoms with Crippen molar-refractivity contribution < 1.29 is 18.6 Å². The molecule has 0 N–H and O–H groups in total. The highest BCUT2D eigenvalue weighted by molar-refractivity contribution is 6.74. The second kappa shape index (κ2) is 4.53. The Hall–Kier alpha value is 0.0569. The van der Waals surface area contributed by atoms with Crippen molar-refractivity contribution in [1.82, 2.24) is 0 Å². The molecule has 2 rings (SSSR count). The summed E-state index contributed by atoms with van der Waals surface area (Å²) in [5.74, 6) is -0.579. The van der Waals surface area contributed by atoms with Crippen molar-refractivity contribution >= 4 is 8.32 Å². The highest BCUT2D eigenvalue weighted by Gasteiger charge is 2.56. The molecule has 0 aromatic carbocycles. The number of fused-ring (bicyclic) bond motifs is 1. The first kappa shape index (κ1) is 15.4. The van der Waals surface area contributed by atoms with Gasteiger partial charge >= 0.3 is 0 Å². The minimum Gasteiger partial charge on any atom is -0.408 e. The van der Waals surface area contributed by atoms with E-state index in [2.05, 4.69) is 33.9 Å². The van der Waals surface area contributed by atoms with Crippen LogP contribution in [0, 0.1) is 0 Å². The third kappa shape index (κ3) is 2.90. The van der Waals surface area contributed by atoms with Gasteiger partial charge in [0.1, 0.15) is 12.2 Å². The van der Waals surface area contributed by atoms with Gasteiger partial charge in [-0.25, -0.2) is 0 Å². The number of ether oxygens (including phenoxy) is 3. The number of hydrogen-bond acceptors (Lipinski definition) is 4. The van der Waals surface area contributed by atoms with Crippen molar-refractivity contribution in [2.24, 2.45) is 0 Å². The molecule has 2 heterocycles. The van der Waals surface area contributed by atoms with Crippen molar-refractivity contribution in [3.8, 4) is 0 Å². The molecular weight excluding hydrogens is 260 g/mol. The van der Waals surface area contributed by atoms with Crippen LogP contribution in [0.25, 0.3) is 0 Å². The summed E-state index contributed by atoms with van der Waals surface area (Å²) in [5, 5.41) is 0.180. The van der Waals surface area contributed by atoms with Gasteiger partial charge in [-0.05, 0) is 38.9 Å². The van der Waals surface area contributed by atoms with E-state index < -0.39 is 14.1 Å². The Morgan fingerprint density at radius 2 is 1.68 bits per heavy atom. The van der Waals surface area contributed by atoms with Crippen LogP contribution in [-0.4, -0.2) is 38.7 Å². The minimum absolute atomic E-state index is 0.0141. The zero-order valence-corrected chi connectivity index (χ0v) is 14.4. The lowest BCUT2D eigenvalue weighted by Crippen LogP contribution is -2.49. The van der Waals surface area contributed by atoms with Crippen molar-refractivity contribution in [3.05, 3.63) is 0 Å². The van der Waals surface area contributed by atoms with Gasteiger partial charge in [0.25, 0.3) is 0 Å². The van der Waals surface area contributed by atoms with Crippen LogP contribution in [0.3, 0.4) is 0 Å². The maximum atomic E-state index is 6.49. The predicted molar refractivity (Wildman–Crippen MR) is 76.4 cm³/mol. The van der Waals surface area contributed by atoms with Gasteiger partial charge in [0.05, 0.1) is 6.10 Å². The van der Waals surface area contributed by atoms with E-state index in [4.69, 9.17) is 18.6 Å². The Bertz CT molecular complexity index is 348. The third-order valence-electron chi connectivity index (χ3n) is 4.46. The molecule has 112 valence electrons. The highest BCUT2D eigenvalue weighted by Crippen LogP contribution is 2.43. The molecule has 19 heavy (non-hydrogen) atoms. The Balaban J connectivity index is 2.12. The van der Waals surface area contributed by atoms with Gasteiger partial charge in [0.15, 0.2) is 20.4 Å². The van der Waals surface area contributed by atoms with Gasteiger partial charge in [-0.3, -0.25) is 0 Å². The first-order valence-electron chi connectivity index (χ1n) is 7.12. The molecule has 0 aliphatic carbocycles. The van der Waals surface area contributed by atoms with Gasteiger partial charge in [-0.1, -0.05) is 20.8 Å². The van der Waals surface area contributed by atoms with Crippen LogP contribution in [0.4, 0.5) is 0 Å². The molecule has 0 unspecified atom stereocenters. The van der Waals surface area contributed by atoms with Crippen LogP contribution in [0.2, 0.25) is 18.1 Å². The van der Waals surface area contributed by atoms with E-state index in [0.717, 1.165) is 0 Å². The van der Waals surface area contributed by atoms with E-state index in [1.54, 1.807) is 0 Å². The Morgan fingerprint density at radius 1 is 1.11 bits per heavy atom. The molecule has 4 nitrogen and oxygen atoms in total. The summed E-state index contributed by atoms with van der Waals surface area (Å²) >= 11 is 0. The quantitative estimate of drug-likeness (QED) is 0.731. The monoisotopic (exact) mass is 288 g/mol.